The van der Waals surface area contributed by atoms with E-state index >= 15 is 0 Å². The molecule has 0 aliphatic carbocycles. The Balaban J connectivity index is 2.72. The molecule has 1 heterocycles. The van der Waals surface area contributed by atoms with E-state index in [1.807, 2.05) is 0 Å². The van der Waals surface area contributed by atoms with Crippen LogP contribution < -0.4 is 5.32 Å². The summed E-state index contributed by atoms with van der Waals surface area (Å²) in [5.41, 5.74) is -1.30. The fourth-order valence-corrected chi connectivity index (χ4v) is 1.67. The maximum atomic E-state index is 13.3. The summed E-state index contributed by atoms with van der Waals surface area (Å²) in [6.07, 6.45) is 0. The van der Waals surface area contributed by atoms with Gasteiger partial charge in [-0.1, -0.05) is 0 Å². The summed E-state index contributed by atoms with van der Waals surface area (Å²) in [5.74, 6) is -10.1. The molecule has 0 saturated heterocycles. The Hall–Kier alpha value is -1.79. The van der Waals surface area contributed by atoms with Gasteiger partial charge in [0.1, 0.15) is 5.92 Å². The molecule has 86 valence electrons. The fraction of sp³-hybridized carbons (Fsp3) is 0.222. The zero-order chi connectivity index (χ0) is 12.0. The molecule has 0 spiro atoms. The Morgan fingerprint density at radius 1 is 1.12 bits per heavy atom. The van der Waals surface area contributed by atoms with E-state index < -0.39 is 46.4 Å². The normalized spacial score (nSPS) is 18.1. The number of carboxylic acids is 1. The maximum Gasteiger partial charge on any atom is 0.312 e. The highest BCUT2D eigenvalue weighted by Gasteiger charge is 2.37. The van der Waals surface area contributed by atoms with Gasteiger partial charge in [-0.15, -0.1) is 0 Å². The molecule has 0 bridgehead atoms. The van der Waals surface area contributed by atoms with Gasteiger partial charge in [-0.3, -0.25) is 4.79 Å². The summed E-state index contributed by atoms with van der Waals surface area (Å²) >= 11 is 0. The number of fused-ring (bicyclic) bond motifs is 1. The van der Waals surface area contributed by atoms with Crippen molar-refractivity contribution in [3.63, 3.8) is 0 Å². The van der Waals surface area contributed by atoms with Gasteiger partial charge in [-0.05, 0) is 0 Å². The van der Waals surface area contributed by atoms with Gasteiger partial charge in [0.15, 0.2) is 23.3 Å². The standard InChI is InChI=1S/C9H5F4NO2/c10-4-3-2(9(15)16)1-14-8(3)7(13)6(12)5(4)11/h2,14H,1H2,(H,15,16). The van der Waals surface area contributed by atoms with Crippen molar-refractivity contribution in [3.05, 3.63) is 28.8 Å². The number of carbonyl (C=O) groups is 1. The molecule has 1 unspecified atom stereocenters. The molecule has 2 N–H and O–H groups in total. The second kappa shape index (κ2) is 3.36. The molecular weight excluding hydrogens is 230 g/mol. The van der Waals surface area contributed by atoms with Crippen LogP contribution in [0.4, 0.5) is 23.2 Å². The summed E-state index contributed by atoms with van der Waals surface area (Å²) < 4.78 is 52.1. The number of aliphatic carboxylic acids is 1. The number of benzene rings is 1. The minimum Gasteiger partial charge on any atom is -0.481 e. The van der Waals surface area contributed by atoms with Crippen LogP contribution in [0.3, 0.4) is 0 Å². The zero-order valence-electron chi connectivity index (χ0n) is 7.65. The maximum absolute atomic E-state index is 13.3. The summed E-state index contributed by atoms with van der Waals surface area (Å²) in [6.45, 7) is -0.304. The summed E-state index contributed by atoms with van der Waals surface area (Å²) in [4.78, 5) is 10.7. The van der Waals surface area contributed by atoms with Crippen molar-refractivity contribution in [1.82, 2.24) is 0 Å². The summed E-state index contributed by atoms with van der Waals surface area (Å²) in [6, 6.07) is 0. The predicted octanol–water partition coefficient (Wildman–Crippen LogP) is 1.84. The van der Waals surface area contributed by atoms with Gasteiger partial charge in [0.05, 0.1) is 5.69 Å². The van der Waals surface area contributed by atoms with Crippen molar-refractivity contribution in [3.8, 4) is 0 Å². The van der Waals surface area contributed by atoms with E-state index in [2.05, 4.69) is 5.32 Å². The van der Waals surface area contributed by atoms with Crippen LogP contribution in [0, 0.1) is 23.3 Å². The first-order valence-electron chi connectivity index (χ1n) is 4.27. The van der Waals surface area contributed by atoms with Crippen LogP contribution in [0.5, 0.6) is 0 Å². The van der Waals surface area contributed by atoms with E-state index in [0.29, 0.717) is 0 Å². The number of hydrogen-bond acceptors (Lipinski definition) is 2. The minimum absolute atomic E-state index is 0.304. The van der Waals surface area contributed by atoms with E-state index in [1.54, 1.807) is 0 Å². The van der Waals surface area contributed by atoms with Crippen molar-refractivity contribution in [2.45, 2.75) is 5.92 Å². The van der Waals surface area contributed by atoms with Gasteiger partial charge in [-0.25, -0.2) is 17.6 Å². The van der Waals surface area contributed by atoms with Crippen LogP contribution in [-0.2, 0) is 4.79 Å². The third kappa shape index (κ3) is 1.24. The van der Waals surface area contributed by atoms with Gasteiger partial charge in [0.25, 0.3) is 0 Å². The second-order valence-electron chi connectivity index (χ2n) is 3.32. The number of anilines is 1. The minimum atomic E-state index is -1.99. The lowest BCUT2D eigenvalue weighted by atomic mass is 10.0. The quantitative estimate of drug-likeness (QED) is 0.443. The number of rotatable bonds is 1. The van der Waals surface area contributed by atoms with Gasteiger partial charge < -0.3 is 10.4 Å². The second-order valence-corrected chi connectivity index (χ2v) is 3.32. The molecule has 7 heteroatoms. The van der Waals surface area contributed by atoms with Crippen molar-refractivity contribution >= 4 is 11.7 Å². The van der Waals surface area contributed by atoms with Crippen molar-refractivity contribution < 1.29 is 27.5 Å². The Morgan fingerprint density at radius 3 is 2.25 bits per heavy atom. The summed E-state index contributed by atoms with van der Waals surface area (Å²) in [7, 11) is 0. The molecule has 0 amide bonds. The van der Waals surface area contributed by atoms with Crippen LogP contribution in [0.2, 0.25) is 0 Å². The van der Waals surface area contributed by atoms with Gasteiger partial charge >= 0.3 is 5.97 Å². The van der Waals surface area contributed by atoms with Crippen molar-refractivity contribution in [2.24, 2.45) is 0 Å². The molecule has 0 radical (unpaired) electrons. The Morgan fingerprint density at radius 2 is 1.69 bits per heavy atom. The molecule has 1 aliphatic rings. The molecule has 3 nitrogen and oxygen atoms in total. The molecular formula is C9H5F4NO2. The third-order valence-electron chi connectivity index (χ3n) is 2.43. The van der Waals surface area contributed by atoms with Gasteiger partial charge in [0.2, 0.25) is 0 Å². The smallest absolute Gasteiger partial charge is 0.312 e. The van der Waals surface area contributed by atoms with E-state index in [0.717, 1.165) is 0 Å². The van der Waals surface area contributed by atoms with E-state index in [4.69, 9.17) is 5.11 Å². The Bertz CT molecular complexity index is 489. The lowest BCUT2D eigenvalue weighted by Gasteiger charge is -2.07. The van der Waals surface area contributed by atoms with Crippen molar-refractivity contribution in [2.75, 3.05) is 11.9 Å². The summed E-state index contributed by atoms with van der Waals surface area (Å²) in [5, 5.41) is 10.9. The van der Waals surface area contributed by atoms with E-state index in [-0.39, 0.29) is 6.54 Å². The van der Waals surface area contributed by atoms with Gasteiger partial charge in [-0.2, -0.15) is 0 Å². The number of hydrogen-bond donors (Lipinski definition) is 2. The molecule has 0 fully saturated rings. The first-order valence-corrected chi connectivity index (χ1v) is 4.27. The van der Waals surface area contributed by atoms with E-state index in [1.165, 1.54) is 0 Å². The molecule has 2 rings (SSSR count). The average Bonchev–Trinajstić information content (AvgIpc) is 2.67. The molecule has 1 atom stereocenters. The highest BCUT2D eigenvalue weighted by Crippen LogP contribution is 2.38. The predicted molar refractivity (Wildman–Crippen MR) is 45.1 cm³/mol. The van der Waals surface area contributed by atoms with Gasteiger partial charge in [0, 0.05) is 12.1 Å². The zero-order valence-corrected chi connectivity index (χ0v) is 7.65. The Kier molecular flexibility index (Phi) is 2.25. The first kappa shape index (κ1) is 10.7. The molecule has 16 heavy (non-hydrogen) atoms. The Labute approximate surface area is 86.7 Å². The number of nitrogens with one attached hydrogen (secondary N) is 1. The number of halogens is 4. The van der Waals surface area contributed by atoms with Crippen LogP contribution in [-0.4, -0.2) is 17.6 Å². The molecule has 0 saturated carbocycles. The molecule has 1 aromatic carbocycles. The number of carboxylic acid groups (broad SMARTS) is 1. The molecule has 0 aromatic heterocycles. The monoisotopic (exact) mass is 235 g/mol. The lowest BCUT2D eigenvalue weighted by Crippen LogP contribution is -2.14. The van der Waals surface area contributed by atoms with Crippen LogP contribution in [0.1, 0.15) is 11.5 Å². The highest BCUT2D eigenvalue weighted by molar-refractivity contribution is 5.82. The first-order chi connectivity index (χ1) is 7.45. The molecule has 1 aliphatic heterocycles. The van der Waals surface area contributed by atoms with Crippen LogP contribution in [0.15, 0.2) is 0 Å². The average molecular weight is 235 g/mol. The fourth-order valence-electron chi connectivity index (χ4n) is 1.67. The highest BCUT2D eigenvalue weighted by atomic mass is 19.2. The van der Waals surface area contributed by atoms with E-state index in [9.17, 15) is 22.4 Å². The van der Waals surface area contributed by atoms with Crippen LogP contribution >= 0.6 is 0 Å². The SMILES string of the molecule is O=C(O)C1CNc2c(F)c(F)c(F)c(F)c21. The molecule has 1 aromatic rings. The topological polar surface area (TPSA) is 49.3 Å². The van der Waals surface area contributed by atoms with Crippen LogP contribution in [0.25, 0.3) is 0 Å². The lowest BCUT2D eigenvalue weighted by molar-refractivity contribution is -0.138. The third-order valence-corrected chi connectivity index (χ3v) is 2.43. The largest absolute Gasteiger partial charge is 0.481 e. The van der Waals surface area contributed by atoms with Crippen molar-refractivity contribution in [1.29, 1.82) is 0 Å².